The van der Waals surface area contributed by atoms with Gasteiger partial charge in [0.05, 0.1) is 49.7 Å². The highest BCUT2D eigenvalue weighted by molar-refractivity contribution is 9.11. The summed E-state index contributed by atoms with van der Waals surface area (Å²) in [7, 11) is 0. The first kappa shape index (κ1) is 52.4. The van der Waals surface area contributed by atoms with Crippen LogP contribution < -0.4 is 0 Å². The molecule has 0 spiro atoms. The van der Waals surface area contributed by atoms with Gasteiger partial charge in [0, 0.05) is 70.7 Å². The molecule has 0 saturated carbocycles. The summed E-state index contributed by atoms with van der Waals surface area (Å²) in [5.41, 5.74) is 18.5. The van der Waals surface area contributed by atoms with Crippen LogP contribution in [0.1, 0.15) is 0 Å². The predicted octanol–water partition coefficient (Wildman–Crippen LogP) is 19.7. The predicted molar refractivity (Wildman–Crippen MR) is 354 cm³/mol. The van der Waals surface area contributed by atoms with E-state index in [0.717, 1.165) is 102 Å². The van der Waals surface area contributed by atoms with Crippen molar-refractivity contribution in [1.82, 2.24) is 43.6 Å². The number of hydrogen-bond acceptors (Lipinski definition) is 6. The van der Waals surface area contributed by atoms with Crippen molar-refractivity contribution in [3.05, 3.63) is 293 Å². The van der Waals surface area contributed by atoms with Crippen LogP contribution in [-0.2, 0) is 0 Å². The molecule has 7 aromatic heterocycles. The molecular weight excluding hydrogens is 1230 g/mol. The Morgan fingerprint density at radius 1 is 0.250 bits per heavy atom. The van der Waals surface area contributed by atoms with Gasteiger partial charge < -0.3 is 9.13 Å². The van der Waals surface area contributed by atoms with Gasteiger partial charge in [0.1, 0.15) is 0 Å². The van der Waals surface area contributed by atoms with Crippen LogP contribution in [0.5, 0.6) is 0 Å². The summed E-state index contributed by atoms with van der Waals surface area (Å²) < 4.78 is 9.73. The Morgan fingerprint density at radius 3 is 1.07 bits per heavy atom. The quantitative estimate of drug-likeness (QED) is 0.158. The van der Waals surface area contributed by atoms with E-state index < -0.39 is 0 Å². The molecule has 0 radical (unpaired) electrons. The maximum atomic E-state index is 4.90. The maximum absolute atomic E-state index is 4.90. The second-order valence-corrected chi connectivity index (χ2v) is 22.7. The lowest BCUT2D eigenvalue weighted by atomic mass is 10.1. The van der Waals surface area contributed by atoms with E-state index in [4.69, 9.17) is 15.0 Å². The topological polar surface area (TPSA) is 92.1 Å². The molecule has 0 atom stereocenters. The van der Waals surface area contributed by atoms with Crippen LogP contribution in [0.3, 0.4) is 0 Å². The van der Waals surface area contributed by atoms with E-state index in [1.807, 2.05) is 122 Å². The zero-order valence-electron chi connectivity index (χ0n) is 44.7. The van der Waals surface area contributed by atoms with Crippen LogP contribution in [-0.4, -0.2) is 43.6 Å². The van der Waals surface area contributed by atoms with Gasteiger partial charge >= 0.3 is 0 Å². The molecule has 0 saturated heterocycles. The molecule has 0 fully saturated rings. The molecule has 0 aliphatic rings. The number of pyridine rings is 3. The highest BCUT2D eigenvalue weighted by Gasteiger charge is 2.20. The Balaban J connectivity index is 0.000000113. The largest absolute Gasteiger partial charge is 0.308 e. The summed E-state index contributed by atoms with van der Waals surface area (Å²) >= 11 is 10.8. The Hall–Kier alpha value is -9.72. The molecule has 0 unspecified atom stereocenters. The number of fused-ring (bicyclic) bond motifs is 9. The van der Waals surface area contributed by atoms with Crippen molar-refractivity contribution in [2.45, 2.75) is 0 Å². The standard InChI is InChI=1S/C26H16BrN5.2C23H15BrN2/c27-19-13-14-20-22(16-19)32(21-12-7-15-28-23(20)21)26-30-24(17-8-3-1-4-9-17)29-25(31-26)18-10-5-2-6-11-18;24-18-11-12-20-22(15-18)26(21-10-5-13-25-23(20)21)19-9-4-8-17(14-19)16-6-2-1-3-7-16;24-18-10-13-20-22(15-18)26(21-7-4-14-25-23(20)21)19-11-8-17(9-12-19)16-5-2-1-3-6-16/h1-16H;2*1-15H. The Kier molecular flexibility index (Phi) is 14.3. The third kappa shape index (κ3) is 10.1. The molecule has 16 aromatic rings. The molecule has 0 aliphatic carbocycles. The Morgan fingerprint density at radius 2 is 0.619 bits per heavy atom. The number of halogens is 3. The normalized spacial score (nSPS) is 11.3. The van der Waals surface area contributed by atoms with Gasteiger partial charge in [0.2, 0.25) is 5.95 Å². The molecule has 12 heteroatoms. The van der Waals surface area contributed by atoms with E-state index in [1.54, 1.807) is 0 Å². The Bertz CT molecular complexity index is 4990. The lowest BCUT2D eigenvalue weighted by Gasteiger charge is -2.10. The monoisotopic (exact) mass is 1270 g/mol. The SMILES string of the molecule is Brc1ccc2c3ncccc3n(-c3ccc(-c4ccccc4)cc3)c2c1.Brc1ccc2c3ncccc3n(-c3cccc(-c4ccccc4)c3)c2c1.Brc1ccc2c3ncccc3n(-c3nc(-c4ccccc4)nc(-c4ccccc4)n3)c2c1. The second kappa shape index (κ2) is 22.9. The van der Waals surface area contributed by atoms with E-state index in [0.29, 0.717) is 17.6 Å². The summed E-state index contributed by atoms with van der Waals surface area (Å²) in [4.78, 5) is 28.5. The highest BCUT2D eigenvalue weighted by Crippen LogP contribution is 2.37. The third-order valence-corrected chi connectivity index (χ3v) is 16.3. The molecule has 16 rings (SSSR count). The number of nitrogens with zero attached hydrogens (tertiary/aromatic N) is 9. The van der Waals surface area contributed by atoms with Crippen molar-refractivity contribution in [3.63, 3.8) is 0 Å². The van der Waals surface area contributed by atoms with Crippen molar-refractivity contribution in [3.8, 4) is 62.4 Å². The van der Waals surface area contributed by atoms with Crippen molar-refractivity contribution in [2.75, 3.05) is 0 Å². The van der Waals surface area contributed by atoms with Crippen LogP contribution in [0.2, 0.25) is 0 Å². The van der Waals surface area contributed by atoms with Crippen LogP contribution in [0.15, 0.2) is 293 Å². The summed E-state index contributed by atoms with van der Waals surface area (Å²) in [5.74, 6) is 1.82. The first-order chi connectivity index (χ1) is 41.4. The van der Waals surface area contributed by atoms with Crippen molar-refractivity contribution in [1.29, 1.82) is 0 Å². The molecule has 9 nitrogen and oxygen atoms in total. The van der Waals surface area contributed by atoms with Crippen LogP contribution in [0.4, 0.5) is 0 Å². The molecule has 400 valence electrons. The number of benzene rings is 9. The fourth-order valence-electron chi connectivity index (χ4n) is 11.0. The summed E-state index contributed by atoms with van der Waals surface area (Å²) in [6, 6.07) is 89.4. The summed E-state index contributed by atoms with van der Waals surface area (Å²) in [5, 5.41) is 3.37. The van der Waals surface area contributed by atoms with Crippen LogP contribution >= 0.6 is 47.8 Å². The van der Waals surface area contributed by atoms with Gasteiger partial charge in [-0.05, 0) is 138 Å². The molecule has 84 heavy (non-hydrogen) atoms. The van der Waals surface area contributed by atoms with Crippen molar-refractivity contribution < 1.29 is 0 Å². The summed E-state index contributed by atoms with van der Waals surface area (Å²) in [6.45, 7) is 0. The average Bonchev–Trinajstić information content (AvgIpc) is 4.34. The van der Waals surface area contributed by atoms with Gasteiger partial charge in [0.15, 0.2) is 11.6 Å². The average molecular weight is 1280 g/mol. The van der Waals surface area contributed by atoms with Crippen LogP contribution in [0.25, 0.3) is 128 Å². The lowest BCUT2D eigenvalue weighted by molar-refractivity contribution is 0.952. The van der Waals surface area contributed by atoms with Crippen molar-refractivity contribution in [2.24, 2.45) is 0 Å². The fourth-order valence-corrected chi connectivity index (χ4v) is 12.0. The molecule has 0 aliphatic heterocycles. The highest BCUT2D eigenvalue weighted by atomic mass is 79.9. The molecule has 9 aromatic carbocycles. The first-order valence-electron chi connectivity index (χ1n) is 27.2. The van der Waals surface area contributed by atoms with E-state index >= 15 is 0 Å². The van der Waals surface area contributed by atoms with Gasteiger partial charge in [-0.3, -0.25) is 19.5 Å². The van der Waals surface area contributed by atoms with Crippen LogP contribution in [0, 0.1) is 0 Å². The summed E-state index contributed by atoms with van der Waals surface area (Å²) in [6.07, 6.45) is 5.52. The minimum absolute atomic E-state index is 0.559. The fraction of sp³-hybridized carbons (Fsp3) is 0. The number of hydrogen-bond donors (Lipinski definition) is 0. The van der Waals surface area contributed by atoms with E-state index in [2.05, 4.69) is 234 Å². The zero-order valence-corrected chi connectivity index (χ0v) is 49.5. The van der Waals surface area contributed by atoms with Gasteiger partial charge in [-0.15, -0.1) is 0 Å². The number of aromatic nitrogens is 9. The minimum Gasteiger partial charge on any atom is -0.308 e. The lowest BCUT2D eigenvalue weighted by Crippen LogP contribution is -2.06. The maximum Gasteiger partial charge on any atom is 0.238 e. The molecule has 7 heterocycles. The zero-order chi connectivity index (χ0) is 56.5. The molecule has 0 bridgehead atoms. The van der Waals surface area contributed by atoms with Crippen molar-refractivity contribution >= 4 is 114 Å². The van der Waals surface area contributed by atoms with Gasteiger partial charge in [-0.25, -0.2) is 4.98 Å². The molecule has 0 amide bonds. The van der Waals surface area contributed by atoms with Gasteiger partial charge in [0.25, 0.3) is 0 Å². The van der Waals surface area contributed by atoms with E-state index in [-0.39, 0.29) is 0 Å². The number of rotatable bonds is 7. The van der Waals surface area contributed by atoms with E-state index in [1.165, 1.54) is 22.3 Å². The second-order valence-electron chi connectivity index (χ2n) is 19.9. The first-order valence-corrected chi connectivity index (χ1v) is 29.6. The Labute approximate surface area is 508 Å². The minimum atomic E-state index is 0.559. The smallest absolute Gasteiger partial charge is 0.238 e. The molecular formula is C72H46Br3N9. The van der Waals surface area contributed by atoms with Gasteiger partial charge in [-0.1, -0.05) is 193 Å². The van der Waals surface area contributed by atoms with Gasteiger partial charge in [-0.2, -0.15) is 9.97 Å². The van der Waals surface area contributed by atoms with E-state index in [9.17, 15) is 0 Å². The molecule has 0 N–H and O–H groups in total. The third-order valence-electron chi connectivity index (χ3n) is 14.8.